The van der Waals surface area contributed by atoms with Crippen LogP contribution in [0.15, 0.2) is 28.3 Å². The van der Waals surface area contributed by atoms with Gasteiger partial charge in [0, 0.05) is 21.1 Å². The molecular weight excluding hydrogens is 503 g/mol. The van der Waals surface area contributed by atoms with E-state index in [4.69, 9.17) is 15.2 Å². The highest BCUT2D eigenvalue weighted by atomic mass is 127. The van der Waals surface area contributed by atoms with Crippen molar-refractivity contribution < 1.29 is 9.47 Å². The normalized spacial score (nSPS) is 12.4. The van der Waals surface area contributed by atoms with Crippen molar-refractivity contribution in [3.8, 4) is 11.5 Å². The monoisotopic (exact) mass is 528 g/mol. The van der Waals surface area contributed by atoms with Crippen LogP contribution in [0, 0.1) is 3.57 Å². The number of fused-ring (bicyclic) bond motifs is 1. The molecule has 0 aliphatic carbocycles. The fourth-order valence-electron chi connectivity index (χ4n) is 2.81. The van der Waals surface area contributed by atoms with Crippen LogP contribution < -0.4 is 25.4 Å². The first-order chi connectivity index (χ1) is 14.0. The van der Waals surface area contributed by atoms with Crippen molar-refractivity contribution in [1.29, 1.82) is 0 Å². The molecule has 156 valence electrons. The van der Waals surface area contributed by atoms with Crippen LogP contribution in [0.1, 0.15) is 20.3 Å². The quantitative estimate of drug-likeness (QED) is 0.159. The summed E-state index contributed by atoms with van der Waals surface area (Å²) < 4.78 is 12.1. The highest BCUT2D eigenvalue weighted by molar-refractivity contribution is 14.1. The van der Waals surface area contributed by atoms with E-state index in [2.05, 4.69) is 68.3 Å². The third kappa shape index (κ3) is 5.64. The molecule has 1 aliphatic heterocycles. The summed E-state index contributed by atoms with van der Waals surface area (Å²) in [6, 6.07) is 4.48. The third-order valence-corrected chi connectivity index (χ3v) is 6.60. The Morgan fingerprint density at radius 3 is 2.83 bits per heavy atom. The topological polar surface area (TPSA) is 97.9 Å². The van der Waals surface area contributed by atoms with Gasteiger partial charge in [-0.25, -0.2) is 9.97 Å². The molecule has 10 heteroatoms. The SMILES string of the molecule is C=Nc1c(N)ncnc1N(CCCNC(C)C)CSc1cc2c(cc1I)OCO2. The molecule has 0 amide bonds. The van der Waals surface area contributed by atoms with E-state index in [0.29, 0.717) is 29.2 Å². The summed E-state index contributed by atoms with van der Waals surface area (Å²) in [7, 11) is 0. The Balaban J connectivity index is 1.76. The standard InChI is InChI=1S/C19H25IN6O2S/c1-12(2)23-5-4-6-26(19-17(22-3)18(21)24-9-25-19)10-29-16-8-15-14(7-13(16)20)27-11-28-15/h7-9,12,23H,3-6,10-11H2,1-2H3,(H2,21,24,25). The first-order valence-electron chi connectivity index (χ1n) is 9.27. The number of nitrogens with one attached hydrogen (secondary N) is 1. The Morgan fingerprint density at radius 1 is 1.34 bits per heavy atom. The first kappa shape index (κ1) is 21.9. The van der Waals surface area contributed by atoms with Crippen LogP contribution in [-0.2, 0) is 0 Å². The molecule has 0 spiro atoms. The Bertz CT molecular complexity index is 867. The van der Waals surface area contributed by atoms with Crippen LogP contribution >= 0.6 is 34.4 Å². The number of anilines is 2. The van der Waals surface area contributed by atoms with E-state index < -0.39 is 0 Å². The van der Waals surface area contributed by atoms with Crippen molar-refractivity contribution >= 4 is 58.4 Å². The number of nitrogens with zero attached hydrogens (tertiary/aromatic N) is 4. The number of aliphatic imine (C=N–C) groups is 1. The predicted molar refractivity (Wildman–Crippen MR) is 127 cm³/mol. The molecular formula is C19H25IN6O2S. The molecule has 0 radical (unpaired) electrons. The lowest BCUT2D eigenvalue weighted by molar-refractivity contribution is 0.174. The largest absolute Gasteiger partial charge is 0.454 e. The number of rotatable bonds is 10. The molecule has 2 heterocycles. The van der Waals surface area contributed by atoms with Gasteiger partial charge < -0.3 is 25.4 Å². The maximum atomic E-state index is 5.99. The van der Waals surface area contributed by atoms with Crippen LogP contribution in [0.5, 0.6) is 11.5 Å². The van der Waals surface area contributed by atoms with Gasteiger partial charge in [0.1, 0.15) is 12.0 Å². The van der Waals surface area contributed by atoms with E-state index in [1.807, 2.05) is 12.1 Å². The second-order valence-corrected chi connectivity index (χ2v) is 8.87. The average molecular weight is 528 g/mol. The first-order valence-corrected chi connectivity index (χ1v) is 11.3. The van der Waals surface area contributed by atoms with Gasteiger partial charge in [0.2, 0.25) is 6.79 Å². The molecule has 0 saturated carbocycles. The van der Waals surface area contributed by atoms with Gasteiger partial charge in [-0.2, -0.15) is 0 Å². The van der Waals surface area contributed by atoms with Gasteiger partial charge >= 0.3 is 0 Å². The van der Waals surface area contributed by atoms with Gasteiger partial charge in [0.05, 0.1) is 5.88 Å². The van der Waals surface area contributed by atoms with Crippen molar-refractivity contribution in [2.45, 2.75) is 31.2 Å². The molecule has 0 fully saturated rings. The number of hydrogen-bond donors (Lipinski definition) is 2. The molecule has 2 aromatic rings. The van der Waals surface area contributed by atoms with Crippen molar-refractivity contribution in [3.05, 3.63) is 22.0 Å². The van der Waals surface area contributed by atoms with E-state index >= 15 is 0 Å². The second-order valence-electron chi connectivity index (χ2n) is 6.72. The Kier molecular flexibility index (Phi) is 7.78. The zero-order valence-electron chi connectivity index (χ0n) is 16.5. The zero-order chi connectivity index (χ0) is 20.8. The lowest BCUT2D eigenvalue weighted by Gasteiger charge is -2.25. The minimum absolute atomic E-state index is 0.267. The Morgan fingerprint density at radius 2 is 2.10 bits per heavy atom. The van der Waals surface area contributed by atoms with E-state index in [0.717, 1.165) is 39.5 Å². The Hall–Kier alpha value is -1.79. The predicted octanol–water partition coefficient (Wildman–Crippen LogP) is 3.67. The molecule has 3 rings (SSSR count). The summed E-state index contributed by atoms with van der Waals surface area (Å²) in [5, 5.41) is 3.45. The molecule has 0 unspecified atom stereocenters. The van der Waals surface area contributed by atoms with E-state index in [-0.39, 0.29) is 6.79 Å². The molecule has 0 saturated heterocycles. The van der Waals surface area contributed by atoms with Gasteiger partial charge in [-0.1, -0.05) is 13.8 Å². The van der Waals surface area contributed by atoms with Crippen LogP contribution in [-0.4, -0.2) is 48.5 Å². The molecule has 1 aromatic carbocycles. The number of benzene rings is 1. The fourth-order valence-corrected chi connectivity index (χ4v) is 4.65. The fraction of sp³-hybridized carbons (Fsp3) is 0.421. The van der Waals surface area contributed by atoms with E-state index in [9.17, 15) is 0 Å². The van der Waals surface area contributed by atoms with Crippen LogP contribution in [0.3, 0.4) is 0 Å². The van der Waals surface area contributed by atoms with Crippen molar-refractivity contribution in [1.82, 2.24) is 15.3 Å². The summed E-state index contributed by atoms with van der Waals surface area (Å²) in [5.41, 5.74) is 6.51. The highest BCUT2D eigenvalue weighted by Gasteiger charge is 2.19. The van der Waals surface area contributed by atoms with Crippen LogP contribution in [0.2, 0.25) is 0 Å². The lowest BCUT2D eigenvalue weighted by atomic mass is 10.3. The number of ether oxygens (including phenoxy) is 2. The molecule has 0 atom stereocenters. The smallest absolute Gasteiger partial charge is 0.231 e. The zero-order valence-corrected chi connectivity index (χ0v) is 19.5. The molecule has 3 N–H and O–H groups in total. The minimum atomic E-state index is 0.267. The van der Waals surface area contributed by atoms with Crippen molar-refractivity contribution in [3.63, 3.8) is 0 Å². The number of nitrogen functional groups attached to an aromatic ring is 1. The van der Waals surface area contributed by atoms with E-state index in [1.54, 1.807) is 11.8 Å². The molecule has 29 heavy (non-hydrogen) atoms. The van der Waals surface area contributed by atoms with Gasteiger partial charge in [0.15, 0.2) is 23.1 Å². The van der Waals surface area contributed by atoms with E-state index in [1.165, 1.54) is 6.33 Å². The lowest BCUT2D eigenvalue weighted by Crippen LogP contribution is -2.30. The van der Waals surface area contributed by atoms with Crippen LogP contribution in [0.25, 0.3) is 0 Å². The summed E-state index contributed by atoms with van der Waals surface area (Å²) in [5.74, 6) is 3.27. The minimum Gasteiger partial charge on any atom is -0.454 e. The number of halogens is 1. The highest BCUT2D eigenvalue weighted by Crippen LogP contribution is 2.40. The Labute approximate surface area is 188 Å². The number of aromatic nitrogens is 2. The summed E-state index contributed by atoms with van der Waals surface area (Å²) in [4.78, 5) is 15.8. The van der Waals surface area contributed by atoms with Crippen molar-refractivity contribution in [2.75, 3.05) is 36.4 Å². The second kappa shape index (κ2) is 10.3. The van der Waals surface area contributed by atoms with Crippen molar-refractivity contribution in [2.24, 2.45) is 4.99 Å². The van der Waals surface area contributed by atoms with Gasteiger partial charge in [-0.05, 0) is 54.4 Å². The average Bonchev–Trinajstić information content (AvgIpc) is 3.14. The van der Waals surface area contributed by atoms with Gasteiger partial charge in [0.25, 0.3) is 0 Å². The molecule has 0 bridgehead atoms. The maximum Gasteiger partial charge on any atom is 0.231 e. The number of nitrogens with two attached hydrogens (primary N) is 1. The molecule has 1 aromatic heterocycles. The molecule has 1 aliphatic rings. The third-order valence-electron chi connectivity index (χ3n) is 4.25. The van der Waals surface area contributed by atoms with Crippen LogP contribution in [0.4, 0.5) is 17.3 Å². The summed E-state index contributed by atoms with van der Waals surface area (Å²) >= 11 is 4.02. The maximum absolute atomic E-state index is 5.99. The van der Waals surface area contributed by atoms with Gasteiger partial charge in [-0.15, -0.1) is 11.8 Å². The number of hydrogen-bond acceptors (Lipinski definition) is 9. The number of thioether (sulfide) groups is 1. The molecule has 8 nitrogen and oxygen atoms in total. The summed E-state index contributed by atoms with van der Waals surface area (Å²) in [6.45, 7) is 9.90. The van der Waals surface area contributed by atoms with Gasteiger partial charge in [-0.3, -0.25) is 4.99 Å². The summed E-state index contributed by atoms with van der Waals surface area (Å²) in [6.07, 6.45) is 2.42.